The van der Waals surface area contributed by atoms with Crippen LogP contribution in [0, 0.1) is 0 Å². The van der Waals surface area contributed by atoms with Crippen LogP contribution in [0.1, 0.15) is 12.5 Å². The van der Waals surface area contributed by atoms with E-state index < -0.39 is 0 Å². The number of nitrogens with two attached hydrogens (primary N) is 1. The molecule has 0 saturated heterocycles. The van der Waals surface area contributed by atoms with E-state index in [0.29, 0.717) is 19.8 Å². The van der Waals surface area contributed by atoms with E-state index in [1.807, 2.05) is 25.1 Å². The fourth-order valence-electron chi connectivity index (χ4n) is 1.18. The van der Waals surface area contributed by atoms with Gasteiger partial charge in [-0.15, -0.1) is 0 Å². The van der Waals surface area contributed by atoms with Crippen LogP contribution in [0.15, 0.2) is 22.7 Å². The Morgan fingerprint density at radius 1 is 1.27 bits per heavy atom. The number of halogens is 1. The highest BCUT2D eigenvalue weighted by Gasteiger charge is 1.99. The second-order valence-electron chi connectivity index (χ2n) is 3.04. The van der Waals surface area contributed by atoms with Crippen LogP contribution in [0.3, 0.4) is 0 Å². The summed E-state index contributed by atoms with van der Waals surface area (Å²) in [6.45, 7) is 4.37. The van der Waals surface area contributed by atoms with E-state index in [0.717, 1.165) is 22.4 Å². The summed E-state index contributed by atoms with van der Waals surface area (Å²) in [6, 6.07) is 5.84. The molecule has 0 amide bonds. The highest BCUT2D eigenvalue weighted by Crippen LogP contribution is 2.21. The van der Waals surface area contributed by atoms with Gasteiger partial charge in [0.15, 0.2) is 0 Å². The van der Waals surface area contributed by atoms with Crippen molar-refractivity contribution < 1.29 is 9.47 Å². The largest absolute Gasteiger partial charge is 0.491 e. The Bertz CT molecular complexity index is 305. The van der Waals surface area contributed by atoms with Gasteiger partial charge in [0.05, 0.1) is 6.61 Å². The van der Waals surface area contributed by atoms with Crippen molar-refractivity contribution in [1.29, 1.82) is 0 Å². The lowest BCUT2D eigenvalue weighted by Gasteiger charge is -2.08. The summed E-state index contributed by atoms with van der Waals surface area (Å²) < 4.78 is 11.7. The van der Waals surface area contributed by atoms with Crippen LogP contribution in [0.2, 0.25) is 0 Å². The summed E-state index contributed by atoms with van der Waals surface area (Å²) in [6.07, 6.45) is 0. The zero-order valence-corrected chi connectivity index (χ0v) is 10.4. The van der Waals surface area contributed by atoms with E-state index >= 15 is 0 Å². The molecule has 0 radical (unpaired) electrons. The number of rotatable bonds is 6. The van der Waals surface area contributed by atoms with E-state index in [9.17, 15) is 0 Å². The van der Waals surface area contributed by atoms with Gasteiger partial charge in [-0.2, -0.15) is 0 Å². The molecule has 84 valence electrons. The first-order valence-corrected chi connectivity index (χ1v) is 5.75. The molecule has 4 heteroatoms. The first-order valence-electron chi connectivity index (χ1n) is 4.96. The first-order chi connectivity index (χ1) is 7.26. The third-order valence-corrected chi connectivity index (χ3v) is 2.33. The van der Waals surface area contributed by atoms with Gasteiger partial charge in [0, 0.05) is 17.6 Å². The fraction of sp³-hybridized carbons (Fsp3) is 0.455. The van der Waals surface area contributed by atoms with E-state index in [4.69, 9.17) is 15.2 Å². The summed E-state index contributed by atoms with van der Waals surface area (Å²) in [5.41, 5.74) is 6.61. The van der Waals surface area contributed by atoms with Gasteiger partial charge in [-0.05, 0) is 30.7 Å². The lowest BCUT2D eigenvalue weighted by atomic mass is 10.2. The molecule has 0 bridgehead atoms. The van der Waals surface area contributed by atoms with Crippen molar-refractivity contribution in [2.75, 3.05) is 19.8 Å². The van der Waals surface area contributed by atoms with Crippen LogP contribution >= 0.6 is 15.9 Å². The molecule has 1 aromatic rings. The molecule has 0 spiro atoms. The first kappa shape index (κ1) is 12.5. The van der Waals surface area contributed by atoms with Gasteiger partial charge >= 0.3 is 0 Å². The van der Waals surface area contributed by atoms with Crippen molar-refractivity contribution in [2.24, 2.45) is 5.73 Å². The van der Waals surface area contributed by atoms with Gasteiger partial charge in [0.2, 0.25) is 0 Å². The maximum absolute atomic E-state index is 5.56. The molecule has 0 saturated carbocycles. The Hall–Kier alpha value is -0.580. The minimum atomic E-state index is 0.515. The van der Waals surface area contributed by atoms with E-state index in [2.05, 4.69) is 15.9 Å². The SMILES string of the molecule is CCOCCOc1cc(Br)cc(CN)c1. The smallest absolute Gasteiger partial charge is 0.120 e. The minimum Gasteiger partial charge on any atom is -0.491 e. The van der Waals surface area contributed by atoms with Crippen LogP contribution in [0.4, 0.5) is 0 Å². The molecule has 0 aliphatic rings. The average Bonchev–Trinajstić information content (AvgIpc) is 2.23. The zero-order chi connectivity index (χ0) is 11.1. The molecular formula is C11H16BrNO2. The van der Waals surface area contributed by atoms with Crippen molar-refractivity contribution >= 4 is 15.9 Å². The molecule has 1 aromatic carbocycles. The van der Waals surface area contributed by atoms with Gasteiger partial charge in [-0.1, -0.05) is 15.9 Å². The molecule has 3 nitrogen and oxygen atoms in total. The summed E-state index contributed by atoms with van der Waals surface area (Å²) >= 11 is 3.41. The molecule has 0 aliphatic carbocycles. The lowest BCUT2D eigenvalue weighted by Crippen LogP contribution is -2.06. The lowest BCUT2D eigenvalue weighted by molar-refractivity contribution is 0.110. The number of ether oxygens (including phenoxy) is 2. The quantitative estimate of drug-likeness (QED) is 0.810. The van der Waals surface area contributed by atoms with Crippen molar-refractivity contribution in [3.63, 3.8) is 0 Å². The Kier molecular flexibility index (Phi) is 5.68. The van der Waals surface area contributed by atoms with Gasteiger partial charge in [0.25, 0.3) is 0 Å². The van der Waals surface area contributed by atoms with Gasteiger partial charge in [0.1, 0.15) is 12.4 Å². The van der Waals surface area contributed by atoms with Crippen molar-refractivity contribution in [2.45, 2.75) is 13.5 Å². The topological polar surface area (TPSA) is 44.5 Å². The van der Waals surface area contributed by atoms with Crippen molar-refractivity contribution in [1.82, 2.24) is 0 Å². The third kappa shape index (κ3) is 4.64. The Morgan fingerprint density at radius 2 is 2.07 bits per heavy atom. The average molecular weight is 274 g/mol. The predicted molar refractivity (Wildman–Crippen MR) is 64.0 cm³/mol. The Labute approximate surface area is 98.7 Å². The monoisotopic (exact) mass is 273 g/mol. The van der Waals surface area contributed by atoms with Crippen LogP contribution < -0.4 is 10.5 Å². The molecule has 0 unspecified atom stereocenters. The summed E-state index contributed by atoms with van der Waals surface area (Å²) in [5, 5.41) is 0. The van der Waals surface area contributed by atoms with E-state index in [1.165, 1.54) is 0 Å². The molecule has 15 heavy (non-hydrogen) atoms. The highest BCUT2D eigenvalue weighted by atomic mass is 79.9. The minimum absolute atomic E-state index is 0.515. The second kappa shape index (κ2) is 6.82. The van der Waals surface area contributed by atoms with Crippen molar-refractivity contribution in [3.8, 4) is 5.75 Å². The summed E-state index contributed by atoms with van der Waals surface area (Å²) in [7, 11) is 0. The number of benzene rings is 1. The zero-order valence-electron chi connectivity index (χ0n) is 8.83. The Morgan fingerprint density at radius 3 is 2.73 bits per heavy atom. The molecule has 1 rings (SSSR count). The molecular weight excluding hydrogens is 258 g/mol. The van der Waals surface area contributed by atoms with Crippen LogP contribution in [0.25, 0.3) is 0 Å². The molecule has 0 aromatic heterocycles. The van der Waals surface area contributed by atoms with Gasteiger partial charge in [-0.25, -0.2) is 0 Å². The third-order valence-electron chi connectivity index (χ3n) is 1.87. The van der Waals surface area contributed by atoms with Crippen LogP contribution in [0.5, 0.6) is 5.75 Å². The molecule has 0 heterocycles. The normalized spacial score (nSPS) is 10.3. The molecule has 0 fully saturated rings. The maximum atomic E-state index is 5.56. The summed E-state index contributed by atoms with van der Waals surface area (Å²) in [5.74, 6) is 0.824. The second-order valence-corrected chi connectivity index (χ2v) is 3.96. The molecule has 0 aliphatic heterocycles. The number of hydrogen-bond donors (Lipinski definition) is 1. The van der Waals surface area contributed by atoms with E-state index in [-0.39, 0.29) is 0 Å². The molecule has 0 atom stereocenters. The fourth-order valence-corrected chi connectivity index (χ4v) is 1.70. The van der Waals surface area contributed by atoms with Crippen LogP contribution in [-0.2, 0) is 11.3 Å². The molecule has 2 N–H and O–H groups in total. The van der Waals surface area contributed by atoms with Crippen LogP contribution in [-0.4, -0.2) is 19.8 Å². The summed E-state index contributed by atoms with van der Waals surface area (Å²) in [4.78, 5) is 0. The maximum Gasteiger partial charge on any atom is 0.120 e. The van der Waals surface area contributed by atoms with E-state index in [1.54, 1.807) is 0 Å². The predicted octanol–water partition coefficient (Wildman–Crippen LogP) is 2.32. The Balaban J connectivity index is 2.49. The standard InChI is InChI=1S/C11H16BrNO2/c1-2-14-3-4-15-11-6-9(8-13)5-10(12)7-11/h5-7H,2-4,8,13H2,1H3. The van der Waals surface area contributed by atoms with Crippen molar-refractivity contribution in [3.05, 3.63) is 28.2 Å². The highest BCUT2D eigenvalue weighted by molar-refractivity contribution is 9.10. The van der Waals surface area contributed by atoms with Gasteiger partial charge in [-0.3, -0.25) is 0 Å². The van der Waals surface area contributed by atoms with Gasteiger partial charge < -0.3 is 15.2 Å². The number of hydrogen-bond acceptors (Lipinski definition) is 3.